The third-order valence-corrected chi connectivity index (χ3v) is 2.89. The Balaban J connectivity index is 3.64. The van der Waals surface area contributed by atoms with Gasteiger partial charge in [-0.05, 0) is 45.6 Å². The lowest BCUT2D eigenvalue weighted by molar-refractivity contribution is 0.340. The predicted molar refractivity (Wildman–Crippen MR) is 70.2 cm³/mol. The van der Waals surface area contributed by atoms with E-state index in [4.69, 9.17) is 0 Å². The minimum atomic E-state index is 0.269. The van der Waals surface area contributed by atoms with Gasteiger partial charge in [0.05, 0.1) is 0 Å². The molecule has 0 aromatic carbocycles. The van der Waals surface area contributed by atoms with Crippen LogP contribution < -0.4 is 5.32 Å². The molecule has 0 heterocycles. The van der Waals surface area contributed by atoms with Crippen LogP contribution in [-0.4, -0.2) is 12.1 Å². The summed E-state index contributed by atoms with van der Waals surface area (Å²) in [5.74, 6) is 1.72. The zero-order valence-electron chi connectivity index (χ0n) is 11.7. The zero-order chi connectivity index (χ0) is 11.9. The van der Waals surface area contributed by atoms with Gasteiger partial charge in [-0.25, -0.2) is 0 Å². The van der Waals surface area contributed by atoms with E-state index in [1.54, 1.807) is 0 Å². The highest BCUT2D eigenvalue weighted by atomic mass is 14.9. The lowest BCUT2D eigenvalue weighted by Gasteiger charge is -2.25. The Kier molecular flexibility index (Phi) is 7.25. The van der Waals surface area contributed by atoms with Crippen molar-refractivity contribution >= 4 is 0 Å². The van der Waals surface area contributed by atoms with Crippen LogP contribution in [0.1, 0.15) is 67.2 Å². The van der Waals surface area contributed by atoms with Crippen molar-refractivity contribution in [2.75, 3.05) is 6.54 Å². The fourth-order valence-electron chi connectivity index (χ4n) is 1.72. The quantitative estimate of drug-likeness (QED) is 0.667. The molecular formula is C14H31N. The van der Waals surface area contributed by atoms with Gasteiger partial charge in [-0.15, -0.1) is 0 Å². The van der Waals surface area contributed by atoms with E-state index >= 15 is 0 Å². The zero-order valence-corrected chi connectivity index (χ0v) is 11.7. The highest BCUT2D eigenvalue weighted by Gasteiger charge is 2.12. The molecule has 0 aromatic heterocycles. The first-order valence-electron chi connectivity index (χ1n) is 6.60. The molecule has 0 rings (SSSR count). The first-order valence-corrected chi connectivity index (χ1v) is 6.60. The Morgan fingerprint density at radius 2 is 1.67 bits per heavy atom. The molecule has 1 unspecified atom stereocenters. The maximum atomic E-state index is 3.61. The highest BCUT2D eigenvalue weighted by Crippen LogP contribution is 2.15. The molecule has 1 atom stereocenters. The molecule has 0 amide bonds. The minimum Gasteiger partial charge on any atom is -0.312 e. The van der Waals surface area contributed by atoms with Gasteiger partial charge in [-0.2, -0.15) is 0 Å². The van der Waals surface area contributed by atoms with Gasteiger partial charge in [0, 0.05) is 5.54 Å². The molecule has 0 saturated heterocycles. The van der Waals surface area contributed by atoms with Crippen molar-refractivity contribution in [1.82, 2.24) is 5.32 Å². The van der Waals surface area contributed by atoms with Crippen LogP contribution in [0.25, 0.3) is 0 Å². The van der Waals surface area contributed by atoms with E-state index in [1.165, 1.54) is 32.2 Å². The molecule has 0 radical (unpaired) electrons. The van der Waals surface area contributed by atoms with Crippen molar-refractivity contribution in [3.05, 3.63) is 0 Å². The average molecular weight is 213 g/mol. The summed E-state index contributed by atoms with van der Waals surface area (Å²) in [5, 5.41) is 3.61. The van der Waals surface area contributed by atoms with Gasteiger partial charge >= 0.3 is 0 Å². The van der Waals surface area contributed by atoms with Gasteiger partial charge in [-0.3, -0.25) is 0 Å². The standard InChI is InChI=1S/C14H31N/c1-7-13(10-8-9-12(2)3)11-15-14(4,5)6/h12-13,15H,7-11H2,1-6H3. The Hall–Kier alpha value is -0.0400. The molecule has 1 heteroatoms. The summed E-state index contributed by atoms with van der Waals surface area (Å²) in [6.07, 6.45) is 5.47. The first-order chi connectivity index (χ1) is 6.85. The molecule has 0 aliphatic carbocycles. The lowest BCUT2D eigenvalue weighted by atomic mass is 9.95. The topological polar surface area (TPSA) is 12.0 Å². The number of nitrogens with one attached hydrogen (secondary N) is 1. The van der Waals surface area contributed by atoms with E-state index in [0.29, 0.717) is 0 Å². The van der Waals surface area contributed by atoms with E-state index < -0.39 is 0 Å². The van der Waals surface area contributed by atoms with Crippen LogP contribution in [0.2, 0.25) is 0 Å². The van der Waals surface area contributed by atoms with Crippen molar-refractivity contribution in [2.45, 2.75) is 72.8 Å². The van der Waals surface area contributed by atoms with Gasteiger partial charge in [0.1, 0.15) is 0 Å². The second kappa shape index (κ2) is 7.27. The molecule has 0 bridgehead atoms. The SMILES string of the molecule is CCC(CCCC(C)C)CNC(C)(C)C. The van der Waals surface area contributed by atoms with Gasteiger partial charge < -0.3 is 5.32 Å². The summed E-state index contributed by atoms with van der Waals surface area (Å²) in [4.78, 5) is 0. The van der Waals surface area contributed by atoms with Gasteiger partial charge in [-0.1, -0.05) is 40.0 Å². The predicted octanol–water partition coefficient (Wildman–Crippen LogP) is 4.23. The van der Waals surface area contributed by atoms with Crippen LogP contribution >= 0.6 is 0 Å². The van der Waals surface area contributed by atoms with E-state index in [0.717, 1.165) is 11.8 Å². The van der Waals surface area contributed by atoms with Gasteiger partial charge in [0.15, 0.2) is 0 Å². The molecule has 92 valence electrons. The fourth-order valence-corrected chi connectivity index (χ4v) is 1.72. The fraction of sp³-hybridized carbons (Fsp3) is 1.00. The maximum absolute atomic E-state index is 3.61. The summed E-state index contributed by atoms with van der Waals surface area (Å²) in [6, 6.07) is 0. The van der Waals surface area contributed by atoms with Crippen LogP contribution in [0.4, 0.5) is 0 Å². The van der Waals surface area contributed by atoms with E-state index in [1.807, 2.05) is 0 Å². The summed E-state index contributed by atoms with van der Waals surface area (Å²) in [6.45, 7) is 14.8. The van der Waals surface area contributed by atoms with Crippen LogP contribution in [0, 0.1) is 11.8 Å². The van der Waals surface area contributed by atoms with Crippen LogP contribution in [0.5, 0.6) is 0 Å². The largest absolute Gasteiger partial charge is 0.312 e. The van der Waals surface area contributed by atoms with Crippen molar-refractivity contribution < 1.29 is 0 Å². The monoisotopic (exact) mass is 213 g/mol. The van der Waals surface area contributed by atoms with Crippen molar-refractivity contribution in [3.8, 4) is 0 Å². The lowest BCUT2D eigenvalue weighted by Crippen LogP contribution is -2.39. The first kappa shape index (κ1) is 15.0. The second-order valence-electron chi connectivity index (χ2n) is 6.23. The van der Waals surface area contributed by atoms with E-state index in [2.05, 4.69) is 46.9 Å². The Labute approximate surface area is 97.0 Å². The molecule has 0 aliphatic heterocycles. The molecule has 0 aromatic rings. The summed E-state index contributed by atoms with van der Waals surface area (Å²) in [5.41, 5.74) is 0.269. The van der Waals surface area contributed by atoms with Crippen molar-refractivity contribution in [2.24, 2.45) is 11.8 Å². The Morgan fingerprint density at radius 1 is 1.07 bits per heavy atom. The Bertz CT molecular complexity index is 144. The van der Waals surface area contributed by atoms with Crippen LogP contribution in [-0.2, 0) is 0 Å². The summed E-state index contributed by atoms with van der Waals surface area (Å²) < 4.78 is 0. The van der Waals surface area contributed by atoms with E-state index in [9.17, 15) is 0 Å². The number of hydrogen-bond acceptors (Lipinski definition) is 1. The Morgan fingerprint density at radius 3 is 2.07 bits per heavy atom. The molecule has 0 fully saturated rings. The smallest absolute Gasteiger partial charge is 0.00966 e. The maximum Gasteiger partial charge on any atom is 0.00966 e. The molecule has 1 N–H and O–H groups in total. The molecule has 0 spiro atoms. The van der Waals surface area contributed by atoms with Gasteiger partial charge in [0.2, 0.25) is 0 Å². The minimum absolute atomic E-state index is 0.269. The molecule has 1 nitrogen and oxygen atoms in total. The third kappa shape index (κ3) is 10.2. The highest BCUT2D eigenvalue weighted by molar-refractivity contribution is 4.72. The van der Waals surface area contributed by atoms with Crippen LogP contribution in [0.15, 0.2) is 0 Å². The molecule has 15 heavy (non-hydrogen) atoms. The summed E-state index contributed by atoms with van der Waals surface area (Å²) in [7, 11) is 0. The molecule has 0 aliphatic rings. The van der Waals surface area contributed by atoms with Crippen molar-refractivity contribution in [1.29, 1.82) is 0 Å². The normalized spacial score (nSPS) is 14.6. The summed E-state index contributed by atoms with van der Waals surface area (Å²) >= 11 is 0. The van der Waals surface area contributed by atoms with Gasteiger partial charge in [0.25, 0.3) is 0 Å². The average Bonchev–Trinajstić information content (AvgIpc) is 2.08. The number of rotatable bonds is 7. The van der Waals surface area contributed by atoms with Crippen molar-refractivity contribution in [3.63, 3.8) is 0 Å². The van der Waals surface area contributed by atoms with E-state index in [-0.39, 0.29) is 5.54 Å². The number of hydrogen-bond donors (Lipinski definition) is 1. The molecular weight excluding hydrogens is 182 g/mol. The van der Waals surface area contributed by atoms with Crippen LogP contribution in [0.3, 0.4) is 0 Å². The third-order valence-electron chi connectivity index (χ3n) is 2.89. The molecule has 0 saturated carbocycles. The second-order valence-corrected chi connectivity index (χ2v) is 6.23.